The van der Waals surface area contributed by atoms with Gasteiger partial charge in [-0.1, -0.05) is 139 Å². The van der Waals surface area contributed by atoms with Crippen LogP contribution < -0.4 is 0 Å². The quantitative estimate of drug-likeness (QED) is 0.149. The van der Waals surface area contributed by atoms with Gasteiger partial charge in [0, 0.05) is 48.1 Å². The van der Waals surface area contributed by atoms with E-state index in [0.717, 1.165) is 58.2 Å². The zero-order valence-corrected chi connectivity index (χ0v) is 42.6. The van der Waals surface area contributed by atoms with Crippen molar-refractivity contribution in [1.82, 2.24) is 15.0 Å². The summed E-state index contributed by atoms with van der Waals surface area (Å²) < 4.78 is 0. The van der Waals surface area contributed by atoms with Gasteiger partial charge >= 0.3 is 0 Å². The molecule has 9 aliphatic carbocycles. The van der Waals surface area contributed by atoms with Crippen molar-refractivity contribution in [3.05, 3.63) is 161 Å². The summed E-state index contributed by atoms with van der Waals surface area (Å²) in [6.45, 7) is 9.15. The predicted octanol–water partition coefficient (Wildman–Crippen LogP) is 15.9. The van der Waals surface area contributed by atoms with E-state index in [9.17, 15) is 0 Å². The molecule has 9 aliphatic rings. The zero-order valence-electron chi connectivity index (χ0n) is 40.2. The van der Waals surface area contributed by atoms with Gasteiger partial charge in [-0.3, -0.25) is 0 Å². The minimum Gasteiger partial charge on any atom is -0.304 e. The first-order chi connectivity index (χ1) is 32.5. The van der Waals surface area contributed by atoms with Crippen LogP contribution in [0.15, 0.2) is 121 Å². The summed E-state index contributed by atoms with van der Waals surface area (Å²) in [7, 11) is 0. The third kappa shape index (κ3) is 6.85. The summed E-state index contributed by atoms with van der Waals surface area (Å²) in [5.74, 6) is 6.16. The summed E-state index contributed by atoms with van der Waals surface area (Å²) >= 11 is 0. The molecule has 2 aromatic heterocycles. The van der Waals surface area contributed by atoms with Gasteiger partial charge in [0.1, 0.15) is 0 Å². The van der Waals surface area contributed by atoms with Crippen molar-refractivity contribution in [3.8, 4) is 67.2 Å². The Morgan fingerprint density at radius 2 is 1.00 bits per heavy atom. The average Bonchev–Trinajstić information content (AvgIpc) is 3.55. The standard InChI is InChI=1S/C64H62N3.Ir/c1-38-19-39(2)21-49(20-38)50-9-5-6-10-51(50)52-16-14-47(28-55(52)46-13-17-54-53-11-7-8-12-56(53)62(3,4)57(54)29-46)58-18-15-48(37-65-58)61-66-59(63-31-40-22-41(32-63)24-42(23-40)33-63)30-60(67-61)64-34-43-25-44(35-64)27-45(26-43)36-64;/h5-13,15-21,28-30,37,40-45H,22-27,31-36H2,1-4H3;/q-1;. The second-order valence-electron chi connectivity index (χ2n) is 23.8. The fraction of sp³-hybridized carbons (Fsp3) is 0.391. The fourth-order valence-electron chi connectivity index (χ4n) is 16.7. The molecule has 0 N–H and O–H groups in total. The molecule has 0 spiro atoms. The molecule has 16 rings (SSSR count). The van der Waals surface area contributed by atoms with E-state index in [-0.39, 0.29) is 36.4 Å². The minimum absolute atomic E-state index is 0. The van der Waals surface area contributed by atoms with Gasteiger partial charge in [0.25, 0.3) is 0 Å². The summed E-state index contributed by atoms with van der Waals surface area (Å²) in [4.78, 5) is 16.6. The van der Waals surface area contributed by atoms with Gasteiger partial charge in [-0.25, -0.2) is 9.97 Å². The maximum Gasteiger partial charge on any atom is 0.161 e. The molecule has 68 heavy (non-hydrogen) atoms. The molecule has 0 aliphatic heterocycles. The molecule has 0 saturated heterocycles. The van der Waals surface area contributed by atoms with Gasteiger partial charge in [0.15, 0.2) is 5.82 Å². The number of rotatable bonds is 7. The number of benzene rings is 5. The Labute approximate surface area is 417 Å². The molecule has 0 amide bonds. The molecule has 3 nitrogen and oxygen atoms in total. The number of hydrogen-bond acceptors (Lipinski definition) is 3. The minimum atomic E-state index is -0.106. The van der Waals surface area contributed by atoms with Crippen molar-refractivity contribution in [3.63, 3.8) is 0 Å². The molecule has 0 atom stereocenters. The molecule has 1 radical (unpaired) electrons. The first kappa shape index (κ1) is 43.0. The van der Waals surface area contributed by atoms with Crippen LogP contribution in [0.2, 0.25) is 0 Å². The number of aromatic nitrogens is 3. The van der Waals surface area contributed by atoms with E-state index in [4.69, 9.17) is 15.0 Å². The third-order valence-electron chi connectivity index (χ3n) is 18.8. The predicted molar refractivity (Wildman–Crippen MR) is 273 cm³/mol. The molecule has 5 aromatic carbocycles. The van der Waals surface area contributed by atoms with Crippen molar-refractivity contribution in [2.75, 3.05) is 0 Å². The van der Waals surface area contributed by atoms with Crippen molar-refractivity contribution in [2.24, 2.45) is 35.5 Å². The van der Waals surface area contributed by atoms with Crippen molar-refractivity contribution in [2.45, 2.75) is 121 Å². The fourth-order valence-corrected chi connectivity index (χ4v) is 16.7. The van der Waals surface area contributed by atoms with E-state index in [2.05, 4.69) is 155 Å². The number of hydrogen-bond donors (Lipinski definition) is 0. The Kier molecular flexibility index (Phi) is 9.97. The first-order valence-corrected chi connectivity index (χ1v) is 25.9. The van der Waals surface area contributed by atoms with Gasteiger partial charge in [-0.15, -0.1) is 23.8 Å². The smallest absolute Gasteiger partial charge is 0.161 e. The van der Waals surface area contributed by atoms with Gasteiger partial charge in [-0.2, -0.15) is 0 Å². The van der Waals surface area contributed by atoms with Gasteiger partial charge in [0.05, 0.1) is 11.4 Å². The monoisotopic (exact) mass is 1070 g/mol. The second-order valence-corrected chi connectivity index (χ2v) is 23.8. The van der Waals surface area contributed by atoms with Crippen molar-refractivity contribution >= 4 is 0 Å². The Morgan fingerprint density at radius 1 is 0.471 bits per heavy atom. The topological polar surface area (TPSA) is 38.7 Å². The molecule has 0 unspecified atom stereocenters. The van der Waals surface area contributed by atoms with E-state index in [1.807, 2.05) is 0 Å². The van der Waals surface area contributed by atoms with Crippen LogP contribution in [0.25, 0.3) is 67.2 Å². The van der Waals surface area contributed by atoms with Crippen LogP contribution in [0.4, 0.5) is 0 Å². The first-order valence-electron chi connectivity index (χ1n) is 25.9. The Balaban J connectivity index is 0.00000457. The summed E-state index contributed by atoms with van der Waals surface area (Å²) in [6.07, 6.45) is 18.7. The molecule has 7 aromatic rings. The van der Waals surface area contributed by atoms with Crippen LogP contribution >= 0.6 is 0 Å². The van der Waals surface area contributed by atoms with Crippen LogP contribution in [0, 0.1) is 55.4 Å². The van der Waals surface area contributed by atoms with E-state index < -0.39 is 0 Å². The van der Waals surface area contributed by atoms with E-state index in [1.54, 1.807) is 0 Å². The second kappa shape index (κ2) is 15.7. The number of aryl methyl sites for hydroxylation is 2. The molecule has 8 saturated carbocycles. The van der Waals surface area contributed by atoms with Crippen LogP contribution in [0.3, 0.4) is 0 Å². The Morgan fingerprint density at radius 3 is 1.57 bits per heavy atom. The molecule has 8 bridgehead atoms. The summed E-state index contributed by atoms with van der Waals surface area (Å²) in [5, 5.41) is 0. The Bertz CT molecular complexity index is 3000. The SMILES string of the molecule is Cc1cc(C)cc(-c2ccccc2-c2c[c-]c(-c3ccc(-c4nc(C56CC7CC(CC(C7)C5)C6)cc(C56CC7CC(CC(C7)C5)C6)n4)cn3)cc2-c2ccc3c(c2)C(C)(C)c2ccccc2-3)c1.[Ir]. The molecule has 343 valence electrons. The summed E-state index contributed by atoms with van der Waals surface area (Å²) in [5.41, 5.74) is 21.3. The maximum atomic E-state index is 5.66. The average molecular weight is 1070 g/mol. The number of fused-ring (bicyclic) bond motifs is 3. The number of nitrogens with zero attached hydrogens (tertiary/aromatic N) is 3. The van der Waals surface area contributed by atoms with Gasteiger partial charge < -0.3 is 4.98 Å². The molecule has 4 heteroatoms. The van der Waals surface area contributed by atoms with Crippen LogP contribution in [-0.4, -0.2) is 15.0 Å². The van der Waals surface area contributed by atoms with Crippen LogP contribution in [0.5, 0.6) is 0 Å². The van der Waals surface area contributed by atoms with Gasteiger partial charge in [-0.05, 0) is 177 Å². The van der Waals surface area contributed by atoms with E-state index in [1.165, 1.54) is 155 Å². The molecular weight excluding hydrogens is 1000 g/mol. The Hall–Kier alpha value is -5.02. The third-order valence-corrected chi connectivity index (χ3v) is 18.8. The normalized spacial score (nSPS) is 28.6. The van der Waals surface area contributed by atoms with Crippen LogP contribution in [0.1, 0.15) is 125 Å². The van der Waals surface area contributed by atoms with E-state index in [0.29, 0.717) is 0 Å². The molecule has 8 fully saturated rings. The van der Waals surface area contributed by atoms with Gasteiger partial charge in [0.2, 0.25) is 0 Å². The molecular formula is C64H62IrN3-. The largest absolute Gasteiger partial charge is 0.304 e. The van der Waals surface area contributed by atoms with Crippen LogP contribution in [-0.2, 0) is 36.4 Å². The molecule has 2 heterocycles. The number of pyridine rings is 1. The zero-order chi connectivity index (χ0) is 44.8. The van der Waals surface area contributed by atoms with Crippen molar-refractivity contribution in [1.29, 1.82) is 0 Å². The van der Waals surface area contributed by atoms with Crippen molar-refractivity contribution < 1.29 is 20.1 Å². The summed E-state index contributed by atoms with van der Waals surface area (Å²) in [6, 6.07) is 47.3. The maximum absolute atomic E-state index is 5.66. The van der Waals surface area contributed by atoms with E-state index >= 15 is 0 Å².